The van der Waals surface area contributed by atoms with Crippen LogP contribution in [0.25, 0.3) is 0 Å². The van der Waals surface area contributed by atoms with Crippen molar-refractivity contribution in [2.24, 2.45) is 0 Å². The maximum absolute atomic E-state index is 12.3. The average Bonchev–Trinajstić information content (AvgIpc) is 2.63. The van der Waals surface area contributed by atoms with E-state index in [0.717, 1.165) is 12.0 Å². The van der Waals surface area contributed by atoms with Crippen molar-refractivity contribution in [3.8, 4) is 5.75 Å². The molecule has 2 aromatic rings. The molecule has 0 aromatic heterocycles. The molecule has 0 aliphatic rings. The molecule has 132 valence electrons. The van der Waals surface area contributed by atoms with Gasteiger partial charge in [0.2, 0.25) is 5.91 Å². The minimum absolute atomic E-state index is 0.00742. The molecule has 5 nitrogen and oxygen atoms in total. The molecule has 0 aliphatic heterocycles. The molecule has 1 atom stereocenters. The van der Waals surface area contributed by atoms with E-state index in [0.29, 0.717) is 25.1 Å². The quantitative estimate of drug-likeness (QED) is 0.647. The molecule has 3 N–H and O–H groups in total. The smallest absolute Gasteiger partial charge is 0.251 e. The SMILES string of the molecule is CC[C@H](C(=O)NCCCNC(=O)c1cccc(O)c1)c1ccccc1. The minimum Gasteiger partial charge on any atom is -0.508 e. The predicted octanol–water partition coefficient (Wildman–Crippen LogP) is 2.82. The van der Waals surface area contributed by atoms with E-state index in [9.17, 15) is 14.7 Å². The van der Waals surface area contributed by atoms with E-state index >= 15 is 0 Å². The molecule has 0 spiro atoms. The average molecular weight is 340 g/mol. The largest absolute Gasteiger partial charge is 0.508 e. The number of phenols is 1. The van der Waals surface area contributed by atoms with Gasteiger partial charge in [0.1, 0.15) is 5.75 Å². The Morgan fingerprint density at radius 1 is 1.00 bits per heavy atom. The van der Waals surface area contributed by atoms with Crippen LogP contribution in [-0.4, -0.2) is 30.0 Å². The van der Waals surface area contributed by atoms with Crippen LogP contribution < -0.4 is 10.6 Å². The van der Waals surface area contributed by atoms with Crippen LogP contribution in [0.2, 0.25) is 0 Å². The summed E-state index contributed by atoms with van der Waals surface area (Å²) in [6.07, 6.45) is 1.38. The Labute approximate surface area is 148 Å². The molecule has 2 rings (SSSR count). The first-order valence-electron chi connectivity index (χ1n) is 8.51. The molecule has 0 unspecified atom stereocenters. The fourth-order valence-corrected chi connectivity index (χ4v) is 2.63. The number of aromatic hydroxyl groups is 1. The normalized spacial score (nSPS) is 11.6. The summed E-state index contributed by atoms with van der Waals surface area (Å²) in [5.41, 5.74) is 1.43. The van der Waals surface area contributed by atoms with E-state index in [-0.39, 0.29) is 23.5 Å². The van der Waals surface area contributed by atoms with Crippen LogP contribution in [0.1, 0.15) is 41.6 Å². The minimum atomic E-state index is -0.238. The van der Waals surface area contributed by atoms with Crippen LogP contribution in [0.15, 0.2) is 54.6 Å². The van der Waals surface area contributed by atoms with Gasteiger partial charge in [-0.3, -0.25) is 9.59 Å². The molecule has 25 heavy (non-hydrogen) atoms. The van der Waals surface area contributed by atoms with E-state index in [4.69, 9.17) is 0 Å². The fraction of sp³-hybridized carbons (Fsp3) is 0.300. The highest BCUT2D eigenvalue weighted by molar-refractivity contribution is 5.94. The van der Waals surface area contributed by atoms with E-state index < -0.39 is 0 Å². The van der Waals surface area contributed by atoms with Crippen LogP contribution >= 0.6 is 0 Å². The summed E-state index contributed by atoms with van der Waals surface area (Å²) in [5, 5.41) is 15.1. The molecular formula is C20H24N2O3. The first-order chi connectivity index (χ1) is 12.1. The number of nitrogens with one attached hydrogen (secondary N) is 2. The van der Waals surface area contributed by atoms with Gasteiger partial charge in [-0.25, -0.2) is 0 Å². The van der Waals surface area contributed by atoms with Crippen molar-refractivity contribution in [2.45, 2.75) is 25.7 Å². The van der Waals surface area contributed by atoms with Crippen molar-refractivity contribution in [3.05, 3.63) is 65.7 Å². The first kappa shape index (κ1) is 18.5. The van der Waals surface area contributed by atoms with Gasteiger partial charge in [0.15, 0.2) is 0 Å². The molecule has 0 bridgehead atoms. The molecule has 2 aromatic carbocycles. The molecule has 0 radical (unpaired) electrons. The number of hydrogen-bond donors (Lipinski definition) is 3. The monoisotopic (exact) mass is 340 g/mol. The summed E-state index contributed by atoms with van der Waals surface area (Å²) in [6.45, 7) is 2.95. The van der Waals surface area contributed by atoms with Crippen molar-refractivity contribution >= 4 is 11.8 Å². The third-order valence-corrected chi connectivity index (χ3v) is 3.97. The van der Waals surface area contributed by atoms with Gasteiger partial charge < -0.3 is 15.7 Å². The van der Waals surface area contributed by atoms with Crippen LogP contribution in [0.4, 0.5) is 0 Å². The molecular weight excluding hydrogens is 316 g/mol. The number of amides is 2. The first-order valence-corrected chi connectivity index (χ1v) is 8.51. The van der Waals surface area contributed by atoms with Gasteiger partial charge >= 0.3 is 0 Å². The van der Waals surface area contributed by atoms with Crippen LogP contribution in [-0.2, 0) is 4.79 Å². The second-order valence-electron chi connectivity index (χ2n) is 5.82. The summed E-state index contributed by atoms with van der Waals surface area (Å²) in [5.74, 6) is -0.319. The predicted molar refractivity (Wildman–Crippen MR) is 97.5 cm³/mol. The van der Waals surface area contributed by atoms with Crippen LogP contribution in [0, 0.1) is 0 Å². The van der Waals surface area contributed by atoms with Gasteiger partial charge in [-0.1, -0.05) is 43.3 Å². The lowest BCUT2D eigenvalue weighted by atomic mass is 9.96. The van der Waals surface area contributed by atoms with Crippen molar-refractivity contribution in [2.75, 3.05) is 13.1 Å². The molecule has 0 saturated heterocycles. The van der Waals surface area contributed by atoms with Gasteiger partial charge in [0.25, 0.3) is 5.91 Å². The Morgan fingerprint density at radius 3 is 2.40 bits per heavy atom. The summed E-state index contributed by atoms with van der Waals surface area (Å²) < 4.78 is 0. The molecule has 2 amide bonds. The number of carbonyl (C=O) groups excluding carboxylic acids is 2. The highest BCUT2D eigenvalue weighted by Gasteiger charge is 2.17. The lowest BCUT2D eigenvalue weighted by Gasteiger charge is -2.15. The maximum Gasteiger partial charge on any atom is 0.251 e. The highest BCUT2D eigenvalue weighted by Crippen LogP contribution is 2.19. The topological polar surface area (TPSA) is 78.4 Å². The summed E-state index contributed by atoms with van der Waals surface area (Å²) >= 11 is 0. The Kier molecular flexibility index (Phi) is 7.01. The van der Waals surface area contributed by atoms with Crippen LogP contribution in [0.5, 0.6) is 5.75 Å². The zero-order valence-corrected chi connectivity index (χ0v) is 14.4. The third-order valence-electron chi connectivity index (χ3n) is 3.97. The van der Waals surface area contributed by atoms with E-state index in [2.05, 4.69) is 10.6 Å². The lowest BCUT2D eigenvalue weighted by molar-refractivity contribution is -0.122. The van der Waals surface area contributed by atoms with Gasteiger partial charge in [-0.15, -0.1) is 0 Å². The maximum atomic E-state index is 12.3. The fourth-order valence-electron chi connectivity index (χ4n) is 2.63. The Morgan fingerprint density at radius 2 is 1.72 bits per heavy atom. The number of phenolic OH excluding ortho intramolecular Hbond substituents is 1. The van der Waals surface area contributed by atoms with Gasteiger partial charge in [0, 0.05) is 18.7 Å². The van der Waals surface area contributed by atoms with Crippen molar-refractivity contribution in [1.82, 2.24) is 10.6 Å². The zero-order chi connectivity index (χ0) is 18.1. The summed E-state index contributed by atoms with van der Waals surface area (Å²) in [4.78, 5) is 24.2. The van der Waals surface area contributed by atoms with Crippen molar-refractivity contribution in [1.29, 1.82) is 0 Å². The Balaban J connectivity index is 1.72. The van der Waals surface area contributed by atoms with E-state index in [1.165, 1.54) is 12.1 Å². The molecule has 0 fully saturated rings. The Bertz CT molecular complexity index is 701. The molecule has 0 saturated carbocycles. The second kappa shape index (κ2) is 9.47. The summed E-state index contributed by atoms with van der Waals surface area (Å²) in [6, 6.07) is 15.9. The van der Waals surface area contributed by atoms with E-state index in [1.54, 1.807) is 12.1 Å². The van der Waals surface area contributed by atoms with Crippen LogP contribution in [0.3, 0.4) is 0 Å². The highest BCUT2D eigenvalue weighted by atomic mass is 16.3. The molecule has 5 heteroatoms. The zero-order valence-electron chi connectivity index (χ0n) is 14.4. The molecule has 0 heterocycles. The second-order valence-corrected chi connectivity index (χ2v) is 5.82. The number of rotatable bonds is 8. The summed E-state index contributed by atoms with van der Waals surface area (Å²) in [7, 11) is 0. The van der Waals surface area contributed by atoms with Gasteiger partial charge in [0.05, 0.1) is 5.92 Å². The number of hydrogen-bond acceptors (Lipinski definition) is 3. The number of benzene rings is 2. The standard InChI is InChI=1S/C20H24N2O3/c1-2-18(15-8-4-3-5-9-15)20(25)22-13-7-12-21-19(24)16-10-6-11-17(23)14-16/h3-6,8-11,14,18,23H,2,7,12-13H2,1H3,(H,21,24)(H,22,25)/t18-/m0/s1. The van der Waals surface area contributed by atoms with Gasteiger partial charge in [-0.2, -0.15) is 0 Å². The Hall–Kier alpha value is -2.82. The van der Waals surface area contributed by atoms with Gasteiger partial charge in [-0.05, 0) is 36.6 Å². The third kappa shape index (κ3) is 5.64. The lowest BCUT2D eigenvalue weighted by Crippen LogP contribution is -2.32. The molecule has 0 aliphatic carbocycles. The van der Waals surface area contributed by atoms with Crippen molar-refractivity contribution in [3.63, 3.8) is 0 Å². The van der Waals surface area contributed by atoms with E-state index in [1.807, 2.05) is 37.3 Å². The van der Waals surface area contributed by atoms with Crippen molar-refractivity contribution < 1.29 is 14.7 Å². The number of carbonyl (C=O) groups is 2.